The molecular formula is C46H45IO6Si. The van der Waals surface area contributed by atoms with Crippen molar-refractivity contribution in [2.45, 2.75) is 42.9 Å². The van der Waals surface area contributed by atoms with Crippen molar-refractivity contribution < 1.29 is 28.2 Å². The van der Waals surface area contributed by atoms with Gasteiger partial charge < -0.3 is 23.4 Å². The van der Waals surface area contributed by atoms with Crippen molar-refractivity contribution in [2.24, 2.45) is 0 Å². The van der Waals surface area contributed by atoms with E-state index in [9.17, 15) is 4.79 Å². The second kappa shape index (κ2) is 17.5. The first-order valence-electron chi connectivity index (χ1n) is 17.9. The summed E-state index contributed by atoms with van der Waals surface area (Å²) in [5.74, 6) is 2.47. The van der Waals surface area contributed by atoms with Crippen LogP contribution in [0.2, 0.25) is 5.04 Å². The average Bonchev–Trinajstić information content (AvgIpc) is 3.50. The Hall–Kier alpha value is -4.90. The van der Waals surface area contributed by atoms with Gasteiger partial charge in [-0.25, -0.2) is 4.79 Å². The lowest BCUT2D eigenvalue weighted by atomic mass is 10.0. The van der Waals surface area contributed by atoms with Gasteiger partial charge in [0.25, 0.3) is 8.32 Å². The van der Waals surface area contributed by atoms with Crippen LogP contribution >= 0.6 is 22.6 Å². The monoisotopic (exact) mass is 848 g/mol. The lowest BCUT2D eigenvalue weighted by Crippen LogP contribution is -2.66. The van der Waals surface area contributed by atoms with Crippen LogP contribution in [0.15, 0.2) is 152 Å². The molecule has 6 aromatic rings. The Bertz CT molecular complexity index is 2100. The number of esters is 1. The highest BCUT2D eigenvalue weighted by atomic mass is 127. The van der Waals surface area contributed by atoms with E-state index in [2.05, 4.69) is 153 Å². The first-order valence-corrected chi connectivity index (χ1v) is 21.0. The molecule has 1 aliphatic rings. The van der Waals surface area contributed by atoms with Gasteiger partial charge in [0.15, 0.2) is 0 Å². The summed E-state index contributed by atoms with van der Waals surface area (Å²) in [6, 6.07) is 51.6. The maximum atomic E-state index is 11.0. The van der Waals surface area contributed by atoms with Gasteiger partial charge in [-0.1, -0.05) is 165 Å². The molecule has 0 saturated carbocycles. The molecular weight excluding hydrogens is 803 g/mol. The van der Waals surface area contributed by atoms with Gasteiger partial charge >= 0.3 is 5.97 Å². The van der Waals surface area contributed by atoms with Gasteiger partial charge in [-0.15, -0.1) is 0 Å². The van der Waals surface area contributed by atoms with E-state index in [1.165, 1.54) is 23.0 Å². The average molecular weight is 849 g/mol. The maximum Gasteiger partial charge on any atom is 0.347 e. The van der Waals surface area contributed by atoms with Crippen molar-refractivity contribution in [3.05, 3.63) is 179 Å². The smallest absolute Gasteiger partial charge is 0.347 e. The number of halogens is 1. The molecule has 0 spiro atoms. The number of methoxy groups -OCH3 is 2. The zero-order valence-electron chi connectivity index (χ0n) is 31.3. The minimum atomic E-state index is -2.76. The number of alkyl halides is 1. The summed E-state index contributed by atoms with van der Waals surface area (Å²) in [5.41, 5.74) is 4.89. The highest BCUT2D eigenvalue weighted by Gasteiger charge is 2.50. The number of carbonyl (C=O) groups excluding carboxylic acids is 1. The predicted octanol–water partition coefficient (Wildman–Crippen LogP) is 10.1. The highest BCUT2D eigenvalue weighted by molar-refractivity contribution is 14.1. The van der Waals surface area contributed by atoms with Crippen molar-refractivity contribution in [3.63, 3.8) is 0 Å². The summed E-state index contributed by atoms with van der Waals surface area (Å²) in [5, 5.41) is 2.36. The second-order valence-corrected chi connectivity index (χ2v) is 19.5. The molecule has 0 radical (unpaired) electrons. The Morgan fingerprint density at radius 2 is 1.26 bits per heavy atom. The van der Waals surface area contributed by atoms with Crippen molar-refractivity contribution >= 4 is 47.3 Å². The number of fused-ring (bicyclic) bond motifs is 2. The highest BCUT2D eigenvalue weighted by Crippen LogP contribution is 2.43. The van der Waals surface area contributed by atoms with E-state index in [-0.39, 0.29) is 14.9 Å². The van der Waals surface area contributed by atoms with Gasteiger partial charge in [0.1, 0.15) is 35.2 Å². The number of benzene rings is 6. The Morgan fingerprint density at radius 1 is 0.685 bits per heavy atom. The molecule has 6 nitrogen and oxygen atoms in total. The lowest BCUT2D eigenvalue weighted by Gasteiger charge is -2.43. The number of carbonyl (C=O) groups is 1. The van der Waals surface area contributed by atoms with E-state index < -0.39 is 8.32 Å². The van der Waals surface area contributed by atoms with Crippen LogP contribution in [0.25, 0.3) is 0 Å². The van der Waals surface area contributed by atoms with Crippen LogP contribution in [0.4, 0.5) is 0 Å². The first-order chi connectivity index (χ1) is 26.1. The summed E-state index contributed by atoms with van der Waals surface area (Å²) in [4.78, 5) is 11.0. The van der Waals surface area contributed by atoms with E-state index >= 15 is 0 Å². The van der Waals surface area contributed by atoms with Gasteiger partial charge in [0.05, 0.1) is 24.8 Å². The fourth-order valence-electron chi connectivity index (χ4n) is 6.87. The third kappa shape index (κ3) is 8.56. The van der Waals surface area contributed by atoms with Crippen molar-refractivity contribution in [1.29, 1.82) is 0 Å². The molecule has 0 aromatic heterocycles. The molecule has 1 heterocycles. The quantitative estimate of drug-likeness (QED) is 0.0529. The fourth-order valence-corrected chi connectivity index (χ4v) is 12.3. The Morgan fingerprint density at radius 3 is 1.81 bits per heavy atom. The first kappa shape index (κ1) is 38.8. The van der Waals surface area contributed by atoms with Crippen LogP contribution in [0.1, 0.15) is 57.3 Å². The predicted molar refractivity (Wildman–Crippen MR) is 226 cm³/mol. The van der Waals surface area contributed by atoms with Crippen LogP contribution in [-0.4, -0.2) is 28.5 Å². The SMILES string of the molecule is COc1c(CO[Si](c2ccccc2)(c2ccccc2)C(C)(C)C)cc(OCc2ccccc2)cc1C(I)c1ccccc1.COc1ccc2cc1C(=O)O2. The van der Waals surface area contributed by atoms with Crippen LogP contribution < -0.4 is 29.3 Å². The zero-order chi connectivity index (χ0) is 38.1. The molecule has 6 aromatic carbocycles. The zero-order valence-corrected chi connectivity index (χ0v) is 34.4. The third-order valence-corrected chi connectivity index (χ3v) is 15.8. The number of hydrogen-bond acceptors (Lipinski definition) is 6. The van der Waals surface area contributed by atoms with Crippen LogP contribution in [-0.2, 0) is 17.6 Å². The summed E-state index contributed by atoms with van der Waals surface area (Å²) < 4.78 is 29.8. The summed E-state index contributed by atoms with van der Waals surface area (Å²) in [6.07, 6.45) is 0. The molecule has 0 N–H and O–H groups in total. The summed E-state index contributed by atoms with van der Waals surface area (Å²) >= 11 is 2.50. The minimum Gasteiger partial charge on any atom is -0.496 e. The Balaban J connectivity index is 0.000000384. The topological polar surface area (TPSA) is 63.2 Å². The third-order valence-electron chi connectivity index (χ3n) is 9.45. The number of rotatable bonds is 12. The number of hydrogen-bond donors (Lipinski definition) is 0. The van der Waals surface area contributed by atoms with Crippen molar-refractivity contribution in [1.82, 2.24) is 0 Å². The van der Waals surface area contributed by atoms with Crippen molar-refractivity contribution in [2.75, 3.05) is 14.2 Å². The molecule has 0 saturated heterocycles. The van der Waals surface area contributed by atoms with Gasteiger partial charge in [-0.2, -0.15) is 0 Å². The lowest BCUT2D eigenvalue weighted by molar-refractivity contribution is 0.0753. The Kier molecular flexibility index (Phi) is 12.6. The summed E-state index contributed by atoms with van der Waals surface area (Å²) in [6.45, 7) is 7.79. The second-order valence-electron chi connectivity index (χ2n) is 14.0. The molecule has 7 rings (SSSR count). The van der Waals surface area contributed by atoms with Crippen molar-refractivity contribution in [3.8, 4) is 23.0 Å². The van der Waals surface area contributed by atoms with Crippen LogP contribution in [0.3, 0.4) is 0 Å². The molecule has 1 atom stereocenters. The van der Waals surface area contributed by atoms with Gasteiger partial charge in [0.2, 0.25) is 0 Å². The van der Waals surface area contributed by atoms with E-state index in [0.717, 1.165) is 28.2 Å². The minimum absolute atomic E-state index is 0.0700. The normalized spacial score (nSPS) is 12.6. The van der Waals surface area contributed by atoms with Crippen LogP contribution in [0, 0.1) is 0 Å². The number of ether oxygens (including phenoxy) is 4. The Labute approximate surface area is 333 Å². The van der Waals surface area contributed by atoms with Gasteiger partial charge in [-0.05, 0) is 56.9 Å². The van der Waals surface area contributed by atoms with Crippen LogP contribution in [0.5, 0.6) is 23.0 Å². The van der Waals surface area contributed by atoms with E-state index in [1.54, 1.807) is 25.3 Å². The molecule has 0 aliphatic carbocycles. The van der Waals surface area contributed by atoms with E-state index in [4.69, 9.17) is 23.4 Å². The van der Waals surface area contributed by atoms with E-state index in [1.807, 2.05) is 24.3 Å². The largest absolute Gasteiger partial charge is 0.496 e. The fraction of sp³-hybridized carbons (Fsp3) is 0.196. The molecule has 54 heavy (non-hydrogen) atoms. The standard InChI is InChI=1S/C38H39IO3Si.C8H6O3/c1-38(2,3)43(33-21-13-7-14-22-33,34-23-15-8-16-24-34)42-28-31-25-32(41-27-29-17-9-5-10-18-29)26-35(37(31)40-4)36(39)30-19-11-6-12-20-30;1-10-7-3-2-5-4-6(7)8(9)11-5/h5-26,36H,27-28H2,1-4H3;2-4H,1H3. The maximum absolute atomic E-state index is 11.0. The molecule has 0 amide bonds. The van der Waals surface area contributed by atoms with Gasteiger partial charge in [-0.3, -0.25) is 0 Å². The molecule has 1 unspecified atom stereocenters. The molecule has 0 fully saturated rings. The van der Waals surface area contributed by atoms with E-state index in [0.29, 0.717) is 30.3 Å². The summed E-state index contributed by atoms with van der Waals surface area (Å²) in [7, 11) is 0.516. The molecule has 1 aliphatic heterocycles. The molecule has 276 valence electrons. The molecule has 8 heteroatoms. The van der Waals surface area contributed by atoms with Gasteiger partial charge in [0, 0.05) is 11.1 Å². The molecule has 2 bridgehead atoms.